The predicted molar refractivity (Wildman–Crippen MR) is 92.9 cm³/mol. The van der Waals surface area contributed by atoms with Gasteiger partial charge in [0.05, 0.1) is 12.6 Å². The van der Waals surface area contributed by atoms with E-state index >= 15 is 0 Å². The van der Waals surface area contributed by atoms with E-state index in [1.54, 1.807) is 30.3 Å². The first-order valence-electron chi connectivity index (χ1n) is 7.75. The summed E-state index contributed by atoms with van der Waals surface area (Å²) in [6.45, 7) is 1.89. The van der Waals surface area contributed by atoms with Gasteiger partial charge in [0.1, 0.15) is 0 Å². The lowest BCUT2D eigenvalue weighted by Gasteiger charge is -2.15. The molecule has 1 heterocycles. The molecule has 2 N–H and O–H groups in total. The zero-order valence-electron chi connectivity index (χ0n) is 13.5. The highest BCUT2D eigenvalue weighted by molar-refractivity contribution is 6.30. The summed E-state index contributed by atoms with van der Waals surface area (Å²) in [4.78, 5) is 24.2. The largest absolute Gasteiger partial charge is 0.454 e. The van der Waals surface area contributed by atoms with Crippen LogP contribution >= 0.6 is 11.6 Å². The standard InChI is InChI=1S/C18H17ClN2O4/c1-11(12-2-5-14(19)6-3-12)21-17(22)9-20-18(23)13-4-7-15-16(8-13)25-10-24-15/h2-8,11H,9-10H2,1H3,(H,20,23)(H,21,22)/t11-/m1/s1. The van der Waals surface area contributed by atoms with Crippen molar-refractivity contribution < 1.29 is 19.1 Å². The molecule has 2 aromatic rings. The number of halogens is 1. The summed E-state index contributed by atoms with van der Waals surface area (Å²) in [6, 6.07) is 11.9. The molecule has 0 aromatic heterocycles. The minimum atomic E-state index is -0.354. The van der Waals surface area contributed by atoms with Crippen LogP contribution in [0, 0.1) is 0 Å². The number of carbonyl (C=O) groups excluding carboxylic acids is 2. The Morgan fingerprint density at radius 2 is 1.84 bits per heavy atom. The van der Waals surface area contributed by atoms with Crippen molar-refractivity contribution in [2.24, 2.45) is 0 Å². The number of nitrogens with one attached hydrogen (secondary N) is 2. The van der Waals surface area contributed by atoms with Crippen LogP contribution in [0.25, 0.3) is 0 Å². The summed E-state index contributed by atoms with van der Waals surface area (Å²) in [5.74, 6) is 0.490. The Morgan fingerprint density at radius 3 is 2.60 bits per heavy atom. The second kappa shape index (κ2) is 7.44. The third-order valence-corrected chi connectivity index (χ3v) is 4.04. The molecule has 25 heavy (non-hydrogen) atoms. The van der Waals surface area contributed by atoms with Crippen molar-refractivity contribution in [2.45, 2.75) is 13.0 Å². The van der Waals surface area contributed by atoms with Gasteiger partial charge in [0, 0.05) is 10.6 Å². The van der Waals surface area contributed by atoms with E-state index in [2.05, 4.69) is 10.6 Å². The normalized spacial score (nSPS) is 13.2. The second-order valence-electron chi connectivity index (χ2n) is 5.59. The highest BCUT2D eigenvalue weighted by atomic mass is 35.5. The third-order valence-electron chi connectivity index (χ3n) is 3.79. The molecule has 0 fully saturated rings. The highest BCUT2D eigenvalue weighted by Gasteiger charge is 2.17. The van der Waals surface area contributed by atoms with Crippen LogP contribution in [0.15, 0.2) is 42.5 Å². The molecule has 2 aromatic carbocycles. The fourth-order valence-electron chi connectivity index (χ4n) is 2.43. The minimum absolute atomic E-state index is 0.120. The Labute approximate surface area is 150 Å². The van der Waals surface area contributed by atoms with Crippen molar-refractivity contribution in [3.8, 4) is 11.5 Å². The maximum atomic E-state index is 12.1. The van der Waals surface area contributed by atoms with Crippen LogP contribution < -0.4 is 20.1 Å². The molecular formula is C18H17ClN2O4. The number of fused-ring (bicyclic) bond motifs is 1. The highest BCUT2D eigenvalue weighted by Crippen LogP contribution is 2.32. The van der Waals surface area contributed by atoms with Crippen LogP contribution in [0.4, 0.5) is 0 Å². The molecule has 0 spiro atoms. The smallest absolute Gasteiger partial charge is 0.251 e. The SMILES string of the molecule is C[C@@H](NC(=O)CNC(=O)c1ccc2c(c1)OCO2)c1ccc(Cl)cc1. The quantitative estimate of drug-likeness (QED) is 0.859. The summed E-state index contributed by atoms with van der Waals surface area (Å²) in [7, 11) is 0. The van der Waals surface area contributed by atoms with Crippen LogP contribution in [0.3, 0.4) is 0 Å². The van der Waals surface area contributed by atoms with Gasteiger partial charge in [-0.3, -0.25) is 9.59 Å². The van der Waals surface area contributed by atoms with Gasteiger partial charge in [0.2, 0.25) is 12.7 Å². The maximum absolute atomic E-state index is 12.1. The van der Waals surface area contributed by atoms with E-state index in [0.29, 0.717) is 22.1 Å². The van der Waals surface area contributed by atoms with Crippen LogP contribution in [-0.2, 0) is 4.79 Å². The van der Waals surface area contributed by atoms with Gasteiger partial charge in [-0.05, 0) is 42.8 Å². The first-order chi connectivity index (χ1) is 12.0. The molecule has 7 heteroatoms. The molecule has 0 bridgehead atoms. The summed E-state index contributed by atoms with van der Waals surface area (Å²) < 4.78 is 10.4. The molecule has 0 radical (unpaired) electrons. The fraction of sp³-hybridized carbons (Fsp3) is 0.222. The molecule has 6 nitrogen and oxygen atoms in total. The summed E-state index contributed by atoms with van der Waals surface area (Å²) in [5.41, 5.74) is 1.34. The van der Waals surface area contributed by atoms with E-state index in [0.717, 1.165) is 5.56 Å². The molecule has 130 valence electrons. The van der Waals surface area contributed by atoms with Gasteiger partial charge in [-0.15, -0.1) is 0 Å². The van der Waals surface area contributed by atoms with Gasteiger partial charge < -0.3 is 20.1 Å². The average molecular weight is 361 g/mol. The van der Waals surface area contributed by atoms with E-state index in [9.17, 15) is 9.59 Å². The Morgan fingerprint density at radius 1 is 1.12 bits per heavy atom. The van der Waals surface area contributed by atoms with Crippen molar-refractivity contribution in [3.05, 3.63) is 58.6 Å². The number of ether oxygens (including phenoxy) is 2. The van der Waals surface area contributed by atoms with Crippen molar-refractivity contribution >= 4 is 23.4 Å². The number of benzene rings is 2. The first kappa shape index (κ1) is 17.1. The molecular weight excluding hydrogens is 344 g/mol. The molecule has 0 aliphatic carbocycles. The Kier molecular flexibility index (Phi) is 5.09. The number of rotatable bonds is 5. The van der Waals surface area contributed by atoms with Crippen molar-refractivity contribution in [2.75, 3.05) is 13.3 Å². The van der Waals surface area contributed by atoms with Gasteiger partial charge in [-0.2, -0.15) is 0 Å². The average Bonchev–Trinajstić information content (AvgIpc) is 3.07. The maximum Gasteiger partial charge on any atom is 0.251 e. The van der Waals surface area contributed by atoms with Crippen LogP contribution in [0.5, 0.6) is 11.5 Å². The molecule has 0 saturated heterocycles. The first-order valence-corrected chi connectivity index (χ1v) is 8.13. The van der Waals surface area contributed by atoms with E-state index in [-0.39, 0.29) is 31.2 Å². The van der Waals surface area contributed by atoms with Gasteiger partial charge in [0.25, 0.3) is 5.91 Å². The van der Waals surface area contributed by atoms with Crippen LogP contribution in [0.2, 0.25) is 5.02 Å². The summed E-state index contributed by atoms with van der Waals surface area (Å²) >= 11 is 5.85. The molecule has 2 amide bonds. The molecule has 0 saturated carbocycles. The van der Waals surface area contributed by atoms with E-state index in [1.807, 2.05) is 19.1 Å². The number of carbonyl (C=O) groups is 2. The number of amides is 2. The zero-order chi connectivity index (χ0) is 17.8. The summed E-state index contributed by atoms with van der Waals surface area (Å²) in [5, 5.41) is 6.05. The molecule has 1 atom stereocenters. The van der Waals surface area contributed by atoms with Gasteiger partial charge in [-0.25, -0.2) is 0 Å². The van der Waals surface area contributed by atoms with Crippen LogP contribution in [-0.4, -0.2) is 25.2 Å². The third kappa shape index (κ3) is 4.22. The Hall–Kier alpha value is -2.73. The van der Waals surface area contributed by atoms with E-state index in [1.165, 1.54) is 0 Å². The van der Waals surface area contributed by atoms with Gasteiger partial charge in [-0.1, -0.05) is 23.7 Å². The predicted octanol–water partition coefficient (Wildman–Crippen LogP) is 2.68. The summed E-state index contributed by atoms with van der Waals surface area (Å²) in [6.07, 6.45) is 0. The Balaban J connectivity index is 1.51. The van der Waals surface area contributed by atoms with Crippen molar-refractivity contribution in [3.63, 3.8) is 0 Å². The molecule has 1 aliphatic heterocycles. The zero-order valence-corrected chi connectivity index (χ0v) is 14.3. The number of hydrogen-bond acceptors (Lipinski definition) is 4. The van der Waals surface area contributed by atoms with Crippen molar-refractivity contribution in [1.82, 2.24) is 10.6 Å². The van der Waals surface area contributed by atoms with Crippen LogP contribution in [0.1, 0.15) is 28.9 Å². The molecule has 1 aliphatic rings. The lowest BCUT2D eigenvalue weighted by Crippen LogP contribution is -2.38. The van der Waals surface area contributed by atoms with Crippen molar-refractivity contribution in [1.29, 1.82) is 0 Å². The fourth-order valence-corrected chi connectivity index (χ4v) is 2.55. The topological polar surface area (TPSA) is 76.7 Å². The molecule has 3 rings (SSSR count). The minimum Gasteiger partial charge on any atom is -0.454 e. The lowest BCUT2D eigenvalue weighted by atomic mass is 10.1. The van der Waals surface area contributed by atoms with Gasteiger partial charge >= 0.3 is 0 Å². The van der Waals surface area contributed by atoms with E-state index < -0.39 is 0 Å². The molecule has 0 unspecified atom stereocenters. The van der Waals surface area contributed by atoms with E-state index in [4.69, 9.17) is 21.1 Å². The second-order valence-corrected chi connectivity index (χ2v) is 6.03. The number of hydrogen-bond donors (Lipinski definition) is 2. The lowest BCUT2D eigenvalue weighted by molar-refractivity contribution is -0.120. The Bertz CT molecular complexity index is 792. The van der Waals surface area contributed by atoms with Gasteiger partial charge in [0.15, 0.2) is 11.5 Å². The monoisotopic (exact) mass is 360 g/mol.